The molecule has 2 aliphatic heterocycles. The summed E-state index contributed by atoms with van der Waals surface area (Å²) in [4.78, 5) is 2.45. The summed E-state index contributed by atoms with van der Waals surface area (Å²) in [6.45, 7) is 5.66. The van der Waals surface area contributed by atoms with Crippen molar-refractivity contribution in [3.8, 4) is 11.5 Å². The van der Waals surface area contributed by atoms with Crippen molar-refractivity contribution in [1.29, 1.82) is 0 Å². The minimum atomic E-state index is -0.663. The lowest BCUT2D eigenvalue weighted by Gasteiger charge is -2.57. The molecule has 2 aliphatic carbocycles. The van der Waals surface area contributed by atoms with E-state index in [1.165, 1.54) is 0 Å². The Morgan fingerprint density at radius 1 is 1.46 bits per heavy atom. The normalized spacial score (nSPS) is 38.6. The first-order chi connectivity index (χ1) is 11.6. The first kappa shape index (κ1) is 14.8. The van der Waals surface area contributed by atoms with Gasteiger partial charge in [-0.3, -0.25) is 4.90 Å². The van der Waals surface area contributed by atoms with E-state index in [1.807, 2.05) is 12.2 Å². The minimum absolute atomic E-state index is 0.0837. The van der Waals surface area contributed by atoms with E-state index in [-0.39, 0.29) is 23.2 Å². The van der Waals surface area contributed by atoms with Gasteiger partial charge in [-0.2, -0.15) is 0 Å². The molecule has 5 rings (SSSR count). The zero-order chi connectivity index (χ0) is 16.6. The lowest BCUT2D eigenvalue weighted by molar-refractivity contribution is -0.0488. The van der Waals surface area contributed by atoms with Crippen LogP contribution in [0.25, 0.3) is 0 Å². The first-order valence-electron chi connectivity index (χ1n) is 8.50. The SMILES string of the molecule is C=CCN1CC[C@]23c4c5c(Cl)cc(O)c4O[C@H]2[C@@H](O)C=C[C@H]3[C@H]1C5. The van der Waals surface area contributed by atoms with E-state index in [0.29, 0.717) is 16.8 Å². The predicted octanol–water partition coefficient (Wildman–Crippen LogP) is 2.41. The molecule has 0 saturated carbocycles. The molecule has 24 heavy (non-hydrogen) atoms. The maximum atomic E-state index is 10.6. The number of halogens is 1. The molecule has 2 heterocycles. The second-order valence-electron chi connectivity index (χ2n) is 7.35. The van der Waals surface area contributed by atoms with Crippen LogP contribution >= 0.6 is 11.6 Å². The first-order valence-corrected chi connectivity index (χ1v) is 8.88. The van der Waals surface area contributed by atoms with Crippen molar-refractivity contribution in [2.75, 3.05) is 13.1 Å². The van der Waals surface area contributed by atoms with Gasteiger partial charge >= 0.3 is 0 Å². The quantitative estimate of drug-likeness (QED) is 0.808. The van der Waals surface area contributed by atoms with Crippen LogP contribution in [0, 0.1) is 5.92 Å². The van der Waals surface area contributed by atoms with Crippen LogP contribution in [0.2, 0.25) is 5.02 Å². The molecule has 4 aliphatic rings. The Morgan fingerprint density at radius 3 is 3.08 bits per heavy atom. The molecular weight excluding hydrogens is 326 g/mol. The standard InChI is InChI=1S/C19H20ClNO3/c1-2-6-21-7-5-19-11-3-4-14(22)18(19)24-17-15(23)9-12(20)10(16(17)19)8-13(11)21/h2-4,9,11,13-14,18,22-23H,1,5-8H2/t11-,13+,14-,18-,19-/m0/s1. The summed E-state index contributed by atoms with van der Waals surface area (Å²) in [5.41, 5.74) is 1.83. The summed E-state index contributed by atoms with van der Waals surface area (Å²) in [5.74, 6) is 0.870. The van der Waals surface area contributed by atoms with Crippen LogP contribution in [-0.4, -0.2) is 46.5 Å². The lowest BCUT2D eigenvalue weighted by atomic mass is 9.53. The largest absolute Gasteiger partial charge is 0.504 e. The summed E-state index contributed by atoms with van der Waals surface area (Å²) >= 11 is 6.50. The van der Waals surface area contributed by atoms with Crippen LogP contribution in [0.5, 0.6) is 11.5 Å². The number of piperidine rings is 1. The van der Waals surface area contributed by atoms with Gasteiger partial charge in [0.05, 0.1) is 0 Å². The van der Waals surface area contributed by atoms with E-state index < -0.39 is 6.10 Å². The molecule has 0 aromatic heterocycles. The fourth-order valence-corrected chi connectivity index (χ4v) is 5.84. The Hall–Kier alpha value is -1.49. The fraction of sp³-hybridized carbons (Fsp3) is 0.474. The van der Waals surface area contributed by atoms with Gasteiger partial charge in [0, 0.05) is 40.6 Å². The van der Waals surface area contributed by atoms with Crippen LogP contribution < -0.4 is 4.74 Å². The van der Waals surface area contributed by atoms with Crippen molar-refractivity contribution < 1.29 is 14.9 Å². The van der Waals surface area contributed by atoms with Crippen molar-refractivity contribution in [2.45, 2.75) is 36.5 Å². The summed E-state index contributed by atoms with van der Waals surface area (Å²) in [7, 11) is 0. The Kier molecular flexibility index (Phi) is 2.95. The van der Waals surface area contributed by atoms with Crippen LogP contribution in [0.15, 0.2) is 30.9 Å². The number of hydrogen-bond acceptors (Lipinski definition) is 4. The molecule has 5 heteroatoms. The Balaban J connectivity index is 1.79. The van der Waals surface area contributed by atoms with Gasteiger partial charge in [-0.15, -0.1) is 6.58 Å². The number of ether oxygens (including phenoxy) is 1. The molecule has 1 fully saturated rings. The number of rotatable bonds is 2. The van der Waals surface area contributed by atoms with E-state index in [9.17, 15) is 10.2 Å². The number of phenolic OH excluding ortho intramolecular Hbond substituents is 1. The number of benzene rings is 1. The number of phenols is 1. The zero-order valence-electron chi connectivity index (χ0n) is 13.3. The second-order valence-corrected chi connectivity index (χ2v) is 7.75. The zero-order valence-corrected chi connectivity index (χ0v) is 14.0. The van der Waals surface area contributed by atoms with Crippen molar-refractivity contribution in [2.24, 2.45) is 5.92 Å². The molecule has 126 valence electrons. The highest BCUT2D eigenvalue weighted by atomic mass is 35.5. The van der Waals surface area contributed by atoms with Crippen molar-refractivity contribution in [3.63, 3.8) is 0 Å². The molecule has 5 atom stereocenters. The maximum Gasteiger partial charge on any atom is 0.165 e. The highest BCUT2D eigenvalue weighted by Gasteiger charge is 2.64. The van der Waals surface area contributed by atoms with E-state index in [2.05, 4.69) is 17.6 Å². The van der Waals surface area contributed by atoms with Crippen molar-refractivity contribution in [3.05, 3.63) is 47.0 Å². The number of aliphatic hydroxyl groups excluding tert-OH is 1. The molecule has 0 radical (unpaired) electrons. The fourth-order valence-electron chi connectivity index (χ4n) is 5.56. The molecule has 1 spiro atoms. The van der Waals surface area contributed by atoms with Gasteiger partial charge in [-0.05, 0) is 24.9 Å². The smallest absolute Gasteiger partial charge is 0.165 e. The van der Waals surface area contributed by atoms with E-state index in [4.69, 9.17) is 16.3 Å². The third-order valence-corrected chi connectivity index (χ3v) is 6.76. The molecule has 0 unspecified atom stereocenters. The average Bonchev–Trinajstić information content (AvgIpc) is 2.90. The molecule has 1 aromatic carbocycles. The molecule has 4 nitrogen and oxygen atoms in total. The third-order valence-electron chi connectivity index (χ3n) is 6.42. The van der Waals surface area contributed by atoms with E-state index in [0.717, 1.165) is 37.1 Å². The number of likely N-dealkylation sites (tertiary alicyclic amines) is 1. The molecule has 2 bridgehead atoms. The molecule has 0 amide bonds. The summed E-state index contributed by atoms with van der Waals surface area (Å²) in [6.07, 6.45) is 6.66. The predicted molar refractivity (Wildman–Crippen MR) is 91.7 cm³/mol. The highest BCUT2D eigenvalue weighted by molar-refractivity contribution is 6.31. The number of nitrogens with zero attached hydrogens (tertiary/aromatic N) is 1. The minimum Gasteiger partial charge on any atom is -0.504 e. The number of aromatic hydroxyl groups is 1. The van der Waals surface area contributed by atoms with Gasteiger partial charge in [0.2, 0.25) is 0 Å². The number of aliphatic hydroxyl groups is 1. The summed E-state index contributed by atoms with van der Waals surface area (Å²) in [6, 6.07) is 1.89. The summed E-state index contributed by atoms with van der Waals surface area (Å²) < 4.78 is 6.12. The van der Waals surface area contributed by atoms with Crippen LogP contribution in [0.3, 0.4) is 0 Å². The Labute approximate surface area is 146 Å². The maximum absolute atomic E-state index is 10.6. The van der Waals surface area contributed by atoms with E-state index >= 15 is 0 Å². The van der Waals surface area contributed by atoms with Gasteiger partial charge < -0.3 is 14.9 Å². The van der Waals surface area contributed by atoms with Gasteiger partial charge in [0.25, 0.3) is 0 Å². The van der Waals surface area contributed by atoms with Crippen molar-refractivity contribution >= 4 is 11.6 Å². The lowest BCUT2D eigenvalue weighted by Crippen LogP contribution is -2.65. The Bertz CT molecular complexity index is 776. The van der Waals surface area contributed by atoms with Crippen LogP contribution in [0.4, 0.5) is 0 Å². The second kappa shape index (κ2) is 4.78. The van der Waals surface area contributed by atoms with Crippen LogP contribution in [0.1, 0.15) is 17.5 Å². The third kappa shape index (κ3) is 1.57. The van der Waals surface area contributed by atoms with Gasteiger partial charge in [-0.1, -0.05) is 29.8 Å². The molecular formula is C19H20ClNO3. The summed E-state index contributed by atoms with van der Waals surface area (Å²) in [5, 5.41) is 21.5. The number of hydrogen-bond donors (Lipinski definition) is 2. The molecule has 2 N–H and O–H groups in total. The van der Waals surface area contributed by atoms with Crippen molar-refractivity contribution in [1.82, 2.24) is 4.90 Å². The average molecular weight is 346 g/mol. The van der Waals surface area contributed by atoms with Gasteiger partial charge in [0.15, 0.2) is 11.5 Å². The van der Waals surface area contributed by atoms with Gasteiger partial charge in [0.1, 0.15) is 12.2 Å². The molecule has 1 aromatic rings. The van der Waals surface area contributed by atoms with E-state index in [1.54, 1.807) is 6.07 Å². The topological polar surface area (TPSA) is 52.9 Å². The monoisotopic (exact) mass is 345 g/mol. The Morgan fingerprint density at radius 2 is 2.29 bits per heavy atom. The van der Waals surface area contributed by atoms with Gasteiger partial charge in [-0.25, -0.2) is 0 Å². The highest BCUT2D eigenvalue weighted by Crippen LogP contribution is 2.63. The molecule has 1 saturated heterocycles. The van der Waals surface area contributed by atoms with Crippen LogP contribution in [-0.2, 0) is 11.8 Å².